The van der Waals surface area contributed by atoms with Gasteiger partial charge in [-0.15, -0.1) is 10.2 Å². The van der Waals surface area contributed by atoms with Crippen LogP contribution in [0.4, 0.5) is 10.8 Å². The number of nitrogens with one attached hydrogen (secondary N) is 1. The minimum Gasteiger partial charge on any atom is -0.300 e. The zero-order valence-electron chi connectivity index (χ0n) is 16.5. The first-order valence-electron chi connectivity index (χ1n) is 9.53. The van der Waals surface area contributed by atoms with Gasteiger partial charge in [-0.25, -0.2) is 4.98 Å². The molecule has 1 unspecified atom stereocenters. The molecule has 1 atom stereocenters. The quantitative estimate of drug-likeness (QED) is 0.340. The summed E-state index contributed by atoms with van der Waals surface area (Å²) in [5.41, 5.74) is 1.41. The van der Waals surface area contributed by atoms with Crippen molar-refractivity contribution in [3.63, 3.8) is 0 Å². The first-order valence-corrected chi connectivity index (χ1v) is 10.3. The number of hydrogen-bond acceptors (Lipinski definition) is 7. The third-order valence-corrected chi connectivity index (χ3v) is 5.74. The zero-order valence-corrected chi connectivity index (χ0v) is 17.3. The molecule has 10 heteroatoms. The highest BCUT2D eigenvalue weighted by molar-refractivity contribution is 7.15. The number of anilines is 1. The molecule has 0 fully saturated rings. The topological polar surface area (TPSA) is 116 Å². The maximum Gasteiger partial charge on any atom is 0.294 e. The number of imidazole rings is 1. The summed E-state index contributed by atoms with van der Waals surface area (Å²) in [4.78, 5) is 27.6. The fourth-order valence-electron chi connectivity index (χ4n) is 3.26. The van der Waals surface area contributed by atoms with E-state index in [0.29, 0.717) is 10.8 Å². The molecule has 0 saturated heterocycles. The Labute approximate surface area is 181 Å². The number of nitrogens with zero attached hydrogens (tertiary/aromatic N) is 5. The van der Waals surface area contributed by atoms with Crippen LogP contribution in [-0.2, 0) is 0 Å². The molecule has 156 valence electrons. The Kier molecular flexibility index (Phi) is 5.80. The van der Waals surface area contributed by atoms with Gasteiger partial charge in [0, 0.05) is 29.9 Å². The van der Waals surface area contributed by atoms with E-state index < -0.39 is 10.8 Å². The smallest absolute Gasteiger partial charge is 0.294 e. The molecule has 1 amide bonds. The minimum atomic E-state index is -0.527. The summed E-state index contributed by atoms with van der Waals surface area (Å²) >= 11 is 1.29. The molecule has 4 aromatic rings. The SMILES string of the molecule is CCC(c1ccccc1)c1nnc(NC(=O)c2ccc(-n3ccnc3)c([N+](=O)[O-])c2)s1. The van der Waals surface area contributed by atoms with E-state index in [0.717, 1.165) is 17.0 Å². The summed E-state index contributed by atoms with van der Waals surface area (Å²) in [6, 6.07) is 14.3. The van der Waals surface area contributed by atoms with Crippen molar-refractivity contribution in [2.24, 2.45) is 0 Å². The second-order valence-electron chi connectivity index (χ2n) is 6.70. The lowest BCUT2D eigenvalue weighted by atomic mass is 9.97. The summed E-state index contributed by atoms with van der Waals surface area (Å²) < 4.78 is 1.52. The van der Waals surface area contributed by atoms with Crippen molar-refractivity contribution in [1.29, 1.82) is 0 Å². The first-order chi connectivity index (χ1) is 15.1. The number of hydrogen-bond donors (Lipinski definition) is 1. The number of nitro benzene ring substituents is 1. The Morgan fingerprint density at radius 2 is 2.03 bits per heavy atom. The average molecular weight is 434 g/mol. The largest absolute Gasteiger partial charge is 0.300 e. The molecule has 0 aliphatic carbocycles. The Bertz CT molecular complexity index is 1210. The highest BCUT2D eigenvalue weighted by Crippen LogP contribution is 2.32. The van der Waals surface area contributed by atoms with Gasteiger partial charge in [-0.1, -0.05) is 48.6 Å². The minimum absolute atomic E-state index is 0.0832. The standard InChI is InChI=1S/C21H18N6O3S/c1-2-16(14-6-4-3-5-7-14)20-24-25-21(31-20)23-19(28)15-8-9-17(18(12-15)27(29)30)26-11-10-22-13-26/h3-13,16H,2H2,1H3,(H,23,25,28). The molecule has 0 spiro atoms. The van der Waals surface area contributed by atoms with E-state index in [9.17, 15) is 14.9 Å². The number of carbonyl (C=O) groups is 1. The highest BCUT2D eigenvalue weighted by atomic mass is 32.1. The second-order valence-corrected chi connectivity index (χ2v) is 7.71. The number of amides is 1. The third-order valence-electron chi connectivity index (χ3n) is 4.79. The molecule has 0 saturated carbocycles. The van der Waals surface area contributed by atoms with Gasteiger partial charge in [0.15, 0.2) is 0 Å². The lowest BCUT2D eigenvalue weighted by molar-refractivity contribution is -0.384. The molecule has 0 aliphatic heterocycles. The van der Waals surface area contributed by atoms with Crippen LogP contribution in [0.25, 0.3) is 5.69 Å². The Morgan fingerprint density at radius 1 is 1.23 bits per heavy atom. The fraction of sp³-hybridized carbons (Fsp3) is 0.143. The van der Waals surface area contributed by atoms with Gasteiger partial charge in [-0.2, -0.15) is 0 Å². The second kappa shape index (κ2) is 8.84. The van der Waals surface area contributed by atoms with Gasteiger partial charge in [0.2, 0.25) is 5.13 Å². The van der Waals surface area contributed by atoms with Gasteiger partial charge in [-0.3, -0.25) is 20.2 Å². The number of nitro groups is 1. The van der Waals surface area contributed by atoms with Crippen LogP contribution in [0.3, 0.4) is 0 Å². The predicted octanol–water partition coefficient (Wildman–Crippen LogP) is 4.43. The normalized spacial score (nSPS) is 11.8. The summed E-state index contributed by atoms with van der Waals surface area (Å²) in [7, 11) is 0. The van der Waals surface area contributed by atoms with Crippen molar-refractivity contribution in [2.45, 2.75) is 19.3 Å². The Morgan fingerprint density at radius 3 is 2.71 bits per heavy atom. The summed E-state index contributed by atoms with van der Waals surface area (Å²) in [6.07, 6.45) is 5.42. The fourth-order valence-corrected chi connectivity index (χ4v) is 4.21. The number of benzene rings is 2. The van der Waals surface area contributed by atoms with Crippen LogP contribution in [0.1, 0.15) is 40.2 Å². The van der Waals surface area contributed by atoms with Crippen LogP contribution in [0, 0.1) is 10.1 Å². The van der Waals surface area contributed by atoms with E-state index in [1.807, 2.05) is 30.3 Å². The van der Waals surface area contributed by atoms with Gasteiger partial charge in [0.05, 0.1) is 11.3 Å². The molecule has 31 heavy (non-hydrogen) atoms. The van der Waals surface area contributed by atoms with E-state index in [1.54, 1.807) is 6.20 Å². The molecular weight excluding hydrogens is 416 g/mol. The van der Waals surface area contributed by atoms with Crippen molar-refractivity contribution >= 4 is 28.1 Å². The van der Waals surface area contributed by atoms with E-state index in [1.165, 1.54) is 46.6 Å². The van der Waals surface area contributed by atoms with Crippen LogP contribution >= 0.6 is 11.3 Å². The monoisotopic (exact) mass is 434 g/mol. The lowest BCUT2D eigenvalue weighted by Gasteiger charge is -2.11. The van der Waals surface area contributed by atoms with Crippen molar-refractivity contribution in [3.8, 4) is 5.69 Å². The summed E-state index contributed by atoms with van der Waals surface area (Å²) in [6.45, 7) is 2.07. The summed E-state index contributed by atoms with van der Waals surface area (Å²) in [5, 5.41) is 23.7. The first kappa shape index (κ1) is 20.4. The van der Waals surface area contributed by atoms with Crippen molar-refractivity contribution in [1.82, 2.24) is 19.7 Å². The molecular formula is C21H18N6O3S. The van der Waals surface area contributed by atoms with Gasteiger partial charge in [0.1, 0.15) is 10.7 Å². The van der Waals surface area contributed by atoms with Crippen molar-refractivity contribution in [2.75, 3.05) is 5.32 Å². The maximum absolute atomic E-state index is 12.7. The number of aromatic nitrogens is 4. The van der Waals surface area contributed by atoms with Crippen LogP contribution in [-0.4, -0.2) is 30.6 Å². The molecule has 9 nitrogen and oxygen atoms in total. The van der Waals surface area contributed by atoms with Gasteiger partial charge < -0.3 is 4.57 Å². The number of carbonyl (C=O) groups excluding carboxylic acids is 1. The molecule has 2 aromatic heterocycles. The molecule has 2 heterocycles. The van der Waals surface area contributed by atoms with Crippen molar-refractivity contribution < 1.29 is 9.72 Å². The predicted molar refractivity (Wildman–Crippen MR) is 117 cm³/mol. The average Bonchev–Trinajstić information content (AvgIpc) is 3.47. The molecule has 2 aromatic carbocycles. The Balaban J connectivity index is 1.55. The van der Waals surface area contributed by atoms with E-state index in [-0.39, 0.29) is 17.2 Å². The van der Waals surface area contributed by atoms with E-state index >= 15 is 0 Å². The van der Waals surface area contributed by atoms with Crippen molar-refractivity contribution in [3.05, 3.63) is 93.5 Å². The van der Waals surface area contributed by atoms with Gasteiger partial charge in [0.25, 0.3) is 11.6 Å². The lowest BCUT2D eigenvalue weighted by Crippen LogP contribution is -2.12. The molecule has 1 N–H and O–H groups in total. The van der Waals surface area contributed by atoms with Gasteiger partial charge in [-0.05, 0) is 24.1 Å². The van der Waals surface area contributed by atoms with Crippen LogP contribution in [0.15, 0.2) is 67.3 Å². The van der Waals surface area contributed by atoms with Crippen LogP contribution < -0.4 is 5.32 Å². The zero-order chi connectivity index (χ0) is 21.8. The molecule has 4 rings (SSSR count). The third kappa shape index (κ3) is 4.33. The van der Waals surface area contributed by atoms with Crippen LogP contribution in [0.2, 0.25) is 0 Å². The Hall–Kier alpha value is -3.92. The molecule has 0 radical (unpaired) electrons. The summed E-state index contributed by atoms with van der Waals surface area (Å²) in [5.74, 6) is -0.407. The van der Waals surface area contributed by atoms with Gasteiger partial charge >= 0.3 is 0 Å². The molecule has 0 aliphatic rings. The molecule has 0 bridgehead atoms. The van der Waals surface area contributed by atoms with Crippen LogP contribution in [0.5, 0.6) is 0 Å². The van der Waals surface area contributed by atoms with E-state index in [2.05, 4.69) is 27.4 Å². The number of rotatable bonds is 7. The van der Waals surface area contributed by atoms with E-state index in [4.69, 9.17) is 0 Å². The highest BCUT2D eigenvalue weighted by Gasteiger charge is 2.21. The maximum atomic E-state index is 12.7.